The average molecular weight is 230 g/mol. The van der Waals surface area contributed by atoms with E-state index in [-0.39, 0.29) is 0 Å². The minimum atomic E-state index is 0.332. The second-order valence-electron chi connectivity index (χ2n) is 6.42. The van der Waals surface area contributed by atoms with Gasteiger partial charge in [-0.25, -0.2) is 0 Å². The molecule has 1 aromatic carbocycles. The van der Waals surface area contributed by atoms with Gasteiger partial charge in [-0.05, 0) is 48.6 Å². The van der Waals surface area contributed by atoms with E-state index >= 15 is 0 Å². The third-order valence-electron chi connectivity index (χ3n) is 4.64. The molecule has 1 fully saturated rings. The zero-order valence-corrected chi connectivity index (χ0v) is 11.1. The highest BCUT2D eigenvalue weighted by atomic mass is 16.5. The van der Waals surface area contributed by atoms with Crippen LogP contribution in [0.4, 0.5) is 0 Å². The number of fused-ring (bicyclic) bond motifs is 3. The summed E-state index contributed by atoms with van der Waals surface area (Å²) in [6.07, 6.45) is 4.47. The van der Waals surface area contributed by atoms with Crippen LogP contribution in [-0.2, 0) is 11.2 Å². The standard InChI is InChI=1S/C16H22O/c1-11-8-9-14-15(17-11)13-7-5-4-6-12(13)10-16(14,2)3/h4-7,11,14-15H,8-10H2,1-3H3/t11-,14-,15-/m0/s1. The Morgan fingerprint density at radius 2 is 1.94 bits per heavy atom. The Labute approximate surface area is 104 Å². The molecule has 1 heteroatoms. The summed E-state index contributed by atoms with van der Waals surface area (Å²) < 4.78 is 6.25. The largest absolute Gasteiger partial charge is 0.370 e. The first-order valence-electron chi connectivity index (χ1n) is 6.81. The Hall–Kier alpha value is -0.820. The number of ether oxygens (including phenoxy) is 1. The molecule has 0 N–H and O–H groups in total. The number of hydrogen-bond acceptors (Lipinski definition) is 1. The van der Waals surface area contributed by atoms with Crippen molar-refractivity contribution in [2.45, 2.75) is 52.2 Å². The summed E-state index contributed by atoms with van der Waals surface area (Å²) in [5.41, 5.74) is 3.32. The third-order valence-corrected chi connectivity index (χ3v) is 4.64. The molecule has 1 heterocycles. The predicted molar refractivity (Wildman–Crippen MR) is 69.9 cm³/mol. The van der Waals surface area contributed by atoms with Gasteiger partial charge >= 0.3 is 0 Å². The molecule has 0 aromatic heterocycles. The van der Waals surface area contributed by atoms with E-state index in [1.165, 1.54) is 30.4 Å². The van der Waals surface area contributed by atoms with E-state index in [0.717, 1.165) is 0 Å². The highest BCUT2D eigenvalue weighted by Gasteiger charge is 2.44. The van der Waals surface area contributed by atoms with Gasteiger partial charge in [-0.15, -0.1) is 0 Å². The topological polar surface area (TPSA) is 9.23 Å². The van der Waals surface area contributed by atoms with Crippen molar-refractivity contribution in [2.75, 3.05) is 0 Å². The van der Waals surface area contributed by atoms with Crippen LogP contribution in [0.2, 0.25) is 0 Å². The highest BCUT2D eigenvalue weighted by Crippen LogP contribution is 2.52. The summed E-state index contributed by atoms with van der Waals surface area (Å²) in [6.45, 7) is 7.01. The fourth-order valence-corrected chi connectivity index (χ4v) is 3.66. The van der Waals surface area contributed by atoms with Gasteiger partial charge < -0.3 is 4.74 Å². The van der Waals surface area contributed by atoms with Crippen molar-refractivity contribution < 1.29 is 4.74 Å². The van der Waals surface area contributed by atoms with Crippen LogP contribution in [0, 0.1) is 11.3 Å². The molecule has 92 valence electrons. The van der Waals surface area contributed by atoms with Crippen LogP contribution in [-0.4, -0.2) is 6.10 Å². The number of rotatable bonds is 0. The summed E-state index contributed by atoms with van der Waals surface area (Å²) in [6, 6.07) is 8.84. The summed E-state index contributed by atoms with van der Waals surface area (Å²) >= 11 is 0. The third kappa shape index (κ3) is 1.81. The van der Waals surface area contributed by atoms with Gasteiger partial charge in [0.15, 0.2) is 0 Å². The van der Waals surface area contributed by atoms with Gasteiger partial charge in [0.2, 0.25) is 0 Å². The number of benzene rings is 1. The Balaban J connectivity index is 2.05. The van der Waals surface area contributed by atoms with Gasteiger partial charge in [0, 0.05) is 0 Å². The quantitative estimate of drug-likeness (QED) is 0.651. The SMILES string of the molecule is C[C@H]1CC[C@H]2[C@@H](O1)c1ccccc1CC2(C)C. The fourth-order valence-electron chi connectivity index (χ4n) is 3.66. The first kappa shape index (κ1) is 11.3. The van der Waals surface area contributed by atoms with Gasteiger partial charge in [-0.1, -0.05) is 38.1 Å². The first-order chi connectivity index (χ1) is 8.08. The van der Waals surface area contributed by atoms with E-state index in [4.69, 9.17) is 4.74 Å². The van der Waals surface area contributed by atoms with Crippen LogP contribution in [0.15, 0.2) is 24.3 Å². The maximum absolute atomic E-state index is 6.25. The lowest BCUT2D eigenvalue weighted by Crippen LogP contribution is -2.41. The van der Waals surface area contributed by atoms with Crippen LogP contribution >= 0.6 is 0 Å². The molecular weight excluding hydrogens is 208 g/mol. The Bertz CT molecular complexity index is 421. The molecule has 1 aromatic rings. The first-order valence-corrected chi connectivity index (χ1v) is 6.81. The van der Waals surface area contributed by atoms with Gasteiger partial charge in [0.25, 0.3) is 0 Å². The molecule has 0 saturated carbocycles. The van der Waals surface area contributed by atoms with E-state index in [9.17, 15) is 0 Å². The number of hydrogen-bond donors (Lipinski definition) is 0. The van der Waals surface area contributed by atoms with Gasteiger partial charge in [-0.3, -0.25) is 0 Å². The lowest BCUT2D eigenvalue weighted by molar-refractivity contribution is -0.117. The van der Waals surface area contributed by atoms with Crippen molar-refractivity contribution in [1.29, 1.82) is 0 Å². The second kappa shape index (κ2) is 3.84. The van der Waals surface area contributed by atoms with Crippen molar-refractivity contribution in [3.05, 3.63) is 35.4 Å². The molecule has 3 rings (SSSR count). The van der Waals surface area contributed by atoms with Crippen LogP contribution in [0.3, 0.4) is 0 Å². The van der Waals surface area contributed by atoms with E-state index in [1.54, 1.807) is 0 Å². The van der Waals surface area contributed by atoms with Gasteiger partial charge in [-0.2, -0.15) is 0 Å². The summed E-state index contributed by atoms with van der Waals surface area (Å²) in [4.78, 5) is 0. The van der Waals surface area contributed by atoms with E-state index < -0.39 is 0 Å². The van der Waals surface area contributed by atoms with E-state index in [1.807, 2.05) is 0 Å². The molecule has 0 unspecified atom stereocenters. The minimum absolute atomic E-state index is 0.332. The lowest BCUT2D eigenvalue weighted by Gasteiger charge is -2.48. The van der Waals surface area contributed by atoms with E-state index in [2.05, 4.69) is 45.0 Å². The molecule has 17 heavy (non-hydrogen) atoms. The summed E-state index contributed by atoms with van der Waals surface area (Å²) in [5, 5.41) is 0. The molecule has 1 saturated heterocycles. The highest BCUT2D eigenvalue weighted by molar-refractivity contribution is 5.34. The van der Waals surface area contributed by atoms with Crippen molar-refractivity contribution in [2.24, 2.45) is 11.3 Å². The molecule has 0 radical (unpaired) electrons. The predicted octanol–water partition coefficient (Wildman–Crippen LogP) is 4.13. The average Bonchev–Trinajstić information content (AvgIpc) is 2.28. The maximum Gasteiger partial charge on any atom is 0.0864 e. The molecular formula is C16H22O. The monoisotopic (exact) mass is 230 g/mol. The van der Waals surface area contributed by atoms with E-state index in [0.29, 0.717) is 23.5 Å². The Kier molecular flexibility index (Phi) is 2.55. The fraction of sp³-hybridized carbons (Fsp3) is 0.625. The van der Waals surface area contributed by atoms with Crippen molar-refractivity contribution in [3.63, 3.8) is 0 Å². The molecule has 1 aliphatic carbocycles. The molecule has 0 spiro atoms. The van der Waals surface area contributed by atoms with Crippen LogP contribution < -0.4 is 0 Å². The second-order valence-corrected chi connectivity index (χ2v) is 6.42. The molecule has 3 atom stereocenters. The smallest absolute Gasteiger partial charge is 0.0864 e. The normalized spacial score (nSPS) is 34.9. The zero-order chi connectivity index (χ0) is 12.0. The van der Waals surface area contributed by atoms with Crippen molar-refractivity contribution in [3.8, 4) is 0 Å². The van der Waals surface area contributed by atoms with Crippen LogP contribution in [0.5, 0.6) is 0 Å². The molecule has 2 aliphatic rings. The summed E-state index contributed by atoms with van der Waals surface area (Å²) in [7, 11) is 0. The van der Waals surface area contributed by atoms with Crippen molar-refractivity contribution >= 4 is 0 Å². The molecule has 1 nitrogen and oxygen atoms in total. The summed E-state index contributed by atoms with van der Waals surface area (Å²) in [5.74, 6) is 0.689. The molecule has 0 bridgehead atoms. The van der Waals surface area contributed by atoms with Crippen molar-refractivity contribution in [1.82, 2.24) is 0 Å². The van der Waals surface area contributed by atoms with Gasteiger partial charge in [0.1, 0.15) is 0 Å². The lowest BCUT2D eigenvalue weighted by atomic mass is 9.63. The van der Waals surface area contributed by atoms with Crippen LogP contribution in [0.25, 0.3) is 0 Å². The molecule has 0 amide bonds. The minimum Gasteiger partial charge on any atom is -0.370 e. The maximum atomic E-state index is 6.25. The van der Waals surface area contributed by atoms with Crippen LogP contribution in [0.1, 0.15) is 50.8 Å². The van der Waals surface area contributed by atoms with Gasteiger partial charge in [0.05, 0.1) is 12.2 Å². The zero-order valence-electron chi connectivity index (χ0n) is 11.1. The molecule has 1 aliphatic heterocycles. The Morgan fingerprint density at radius 1 is 1.18 bits per heavy atom. The Morgan fingerprint density at radius 3 is 2.76 bits per heavy atom.